The fourth-order valence-corrected chi connectivity index (χ4v) is 3.51. The van der Waals surface area contributed by atoms with Crippen molar-refractivity contribution in [2.24, 2.45) is 11.1 Å². The Hall–Kier alpha value is -1.67. The van der Waals surface area contributed by atoms with Gasteiger partial charge in [-0.25, -0.2) is 9.67 Å². The molecule has 1 fully saturated rings. The van der Waals surface area contributed by atoms with Gasteiger partial charge in [-0.15, -0.1) is 24.8 Å². The maximum atomic E-state index is 12.8. The van der Waals surface area contributed by atoms with Gasteiger partial charge in [-0.05, 0) is 39.0 Å². The maximum absolute atomic E-state index is 12.8. The van der Waals surface area contributed by atoms with Crippen molar-refractivity contribution in [2.45, 2.75) is 52.7 Å². The Morgan fingerprint density at radius 1 is 1.36 bits per heavy atom. The predicted molar refractivity (Wildman–Crippen MR) is 115 cm³/mol. The van der Waals surface area contributed by atoms with Crippen LogP contribution in [0.4, 0.5) is 5.69 Å². The van der Waals surface area contributed by atoms with Crippen LogP contribution in [0.3, 0.4) is 0 Å². The molecule has 156 valence electrons. The van der Waals surface area contributed by atoms with Crippen LogP contribution in [0.5, 0.6) is 0 Å². The smallest absolute Gasteiger partial charge is 0.245 e. The zero-order valence-electron chi connectivity index (χ0n) is 16.9. The highest BCUT2D eigenvalue weighted by Gasteiger charge is 2.62. The molecule has 1 saturated carbocycles. The topological polar surface area (TPSA) is 95.1 Å². The minimum absolute atomic E-state index is 0. The first-order chi connectivity index (χ1) is 12.2. The molecule has 1 aliphatic rings. The molecule has 0 aromatic carbocycles. The van der Waals surface area contributed by atoms with E-state index in [2.05, 4.69) is 15.4 Å². The molecule has 3 rings (SSSR count). The lowest BCUT2D eigenvalue weighted by Crippen LogP contribution is -2.74. The zero-order chi connectivity index (χ0) is 19.1. The number of nitrogens with zero attached hydrogens (tertiary/aromatic N) is 3. The molecule has 28 heavy (non-hydrogen) atoms. The SMILES string of the molecule is CCOC1CC(N)(C(=O)Nc2ccc(-n3nc(C)cc3C)nc2)C1(C)C.Cl.Cl. The van der Waals surface area contributed by atoms with E-state index in [1.165, 1.54) is 0 Å². The number of pyridine rings is 1. The third kappa shape index (κ3) is 4.03. The minimum Gasteiger partial charge on any atom is -0.378 e. The number of aryl methyl sites for hydroxylation is 2. The molecule has 0 aliphatic heterocycles. The second-order valence-electron chi connectivity index (χ2n) is 7.54. The lowest BCUT2D eigenvalue weighted by atomic mass is 9.54. The van der Waals surface area contributed by atoms with Crippen molar-refractivity contribution >= 4 is 36.4 Å². The van der Waals surface area contributed by atoms with Gasteiger partial charge in [0.2, 0.25) is 5.91 Å². The van der Waals surface area contributed by atoms with E-state index in [1.54, 1.807) is 10.9 Å². The Bertz CT molecular complexity index is 822. The summed E-state index contributed by atoms with van der Waals surface area (Å²) in [7, 11) is 0. The van der Waals surface area contributed by atoms with Gasteiger partial charge in [0.1, 0.15) is 5.54 Å². The van der Waals surface area contributed by atoms with E-state index in [0.717, 1.165) is 11.4 Å². The molecule has 2 atom stereocenters. The fourth-order valence-electron chi connectivity index (χ4n) is 3.51. The first-order valence-electron chi connectivity index (χ1n) is 8.90. The molecule has 7 nitrogen and oxygen atoms in total. The number of nitrogens with two attached hydrogens (primary N) is 1. The lowest BCUT2D eigenvalue weighted by Gasteiger charge is -2.57. The summed E-state index contributed by atoms with van der Waals surface area (Å²) < 4.78 is 7.46. The Morgan fingerprint density at radius 2 is 2.04 bits per heavy atom. The number of amides is 1. The average Bonchev–Trinajstić information content (AvgIpc) is 2.93. The standard InChI is InChI=1S/C19H27N5O2.2ClH/c1-6-26-15-10-19(20,18(15,4)5)17(25)22-14-7-8-16(21-11-14)24-13(3)9-12(2)23-24;;/h7-9,11,15H,6,10,20H2,1-5H3,(H,22,25);2*1H. The van der Waals surface area contributed by atoms with Crippen LogP contribution in [0.2, 0.25) is 0 Å². The third-order valence-electron chi connectivity index (χ3n) is 5.47. The number of anilines is 1. The van der Waals surface area contributed by atoms with Gasteiger partial charge < -0.3 is 15.8 Å². The molecule has 2 heterocycles. The zero-order valence-corrected chi connectivity index (χ0v) is 18.5. The van der Waals surface area contributed by atoms with Crippen molar-refractivity contribution in [2.75, 3.05) is 11.9 Å². The van der Waals surface area contributed by atoms with Gasteiger partial charge in [0.15, 0.2) is 5.82 Å². The van der Waals surface area contributed by atoms with Crippen LogP contribution in [0.1, 0.15) is 38.6 Å². The number of carbonyl (C=O) groups excluding carboxylic acids is 1. The number of nitrogens with one attached hydrogen (secondary N) is 1. The normalized spacial score (nSPS) is 22.4. The van der Waals surface area contributed by atoms with E-state index in [-0.39, 0.29) is 36.8 Å². The second-order valence-corrected chi connectivity index (χ2v) is 7.54. The number of hydrogen-bond acceptors (Lipinski definition) is 5. The molecule has 0 spiro atoms. The van der Waals surface area contributed by atoms with Crippen molar-refractivity contribution in [3.8, 4) is 5.82 Å². The summed E-state index contributed by atoms with van der Waals surface area (Å²) in [5.41, 5.74) is 7.58. The molecule has 0 saturated heterocycles. The van der Waals surface area contributed by atoms with Crippen molar-refractivity contribution < 1.29 is 9.53 Å². The van der Waals surface area contributed by atoms with Gasteiger partial charge in [-0.3, -0.25) is 4.79 Å². The molecule has 0 radical (unpaired) electrons. The van der Waals surface area contributed by atoms with Crippen molar-refractivity contribution in [3.63, 3.8) is 0 Å². The number of hydrogen-bond donors (Lipinski definition) is 2. The molecule has 2 unspecified atom stereocenters. The highest BCUT2D eigenvalue weighted by Crippen LogP contribution is 2.50. The van der Waals surface area contributed by atoms with Gasteiger partial charge >= 0.3 is 0 Å². The largest absolute Gasteiger partial charge is 0.378 e. The van der Waals surface area contributed by atoms with Crippen LogP contribution in [0.25, 0.3) is 5.82 Å². The number of halogens is 2. The van der Waals surface area contributed by atoms with Crippen LogP contribution in [0.15, 0.2) is 24.4 Å². The molecule has 2 aromatic rings. The van der Waals surface area contributed by atoms with E-state index in [9.17, 15) is 4.79 Å². The highest BCUT2D eigenvalue weighted by molar-refractivity contribution is 5.99. The highest BCUT2D eigenvalue weighted by atomic mass is 35.5. The van der Waals surface area contributed by atoms with Crippen molar-refractivity contribution in [1.29, 1.82) is 0 Å². The molecule has 9 heteroatoms. The Morgan fingerprint density at radius 3 is 2.50 bits per heavy atom. The van der Waals surface area contributed by atoms with Crippen LogP contribution in [-0.4, -0.2) is 38.9 Å². The first-order valence-corrected chi connectivity index (χ1v) is 8.90. The molecular weight excluding hydrogens is 401 g/mol. The van der Waals surface area contributed by atoms with E-state index in [1.807, 2.05) is 52.8 Å². The Labute approximate surface area is 178 Å². The van der Waals surface area contributed by atoms with Crippen LogP contribution in [-0.2, 0) is 9.53 Å². The van der Waals surface area contributed by atoms with E-state index in [4.69, 9.17) is 10.5 Å². The summed E-state index contributed by atoms with van der Waals surface area (Å²) in [5.74, 6) is 0.496. The summed E-state index contributed by atoms with van der Waals surface area (Å²) in [6, 6.07) is 5.63. The molecule has 2 aromatic heterocycles. The maximum Gasteiger partial charge on any atom is 0.245 e. The summed E-state index contributed by atoms with van der Waals surface area (Å²) in [6.07, 6.45) is 2.13. The van der Waals surface area contributed by atoms with Gasteiger partial charge in [0.05, 0.1) is 23.7 Å². The molecule has 1 aliphatic carbocycles. The van der Waals surface area contributed by atoms with Gasteiger partial charge in [-0.1, -0.05) is 13.8 Å². The summed E-state index contributed by atoms with van der Waals surface area (Å²) in [6.45, 7) is 10.4. The summed E-state index contributed by atoms with van der Waals surface area (Å²) >= 11 is 0. The fraction of sp³-hybridized carbons (Fsp3) is 0.526. The van der Waals surface area contributed by atoms with E-state index in [0.29, 0.717) is 24.5 Å². The molecule has 0 bridgehead atoms. The molecule has 3 N–H and O–H groups in total. The summed E-state index contributed by atoms with van der Waals surface area (Å²) in [4.78, 5) is 17.2. The van der Waals surface area contributed by atoms with Gasteiger partial charge in [-0.2, -0.15) is 5.10 Å². The van der Waals surface area contributed by atoms with Gasteiger partial charge in [0, 0.05) is 24.1 Å². The Balaban J connectivity index is 0.00000196. The molecule has 1 amide bonds. The quantitative estimate of drug-likeness (QED) is 0.760. The van der Waals surface area contributed by atoms with Crippen molar-refractivity contribution in [1.82, 2.24) is 14.8 Å². The van der Waals surface area contributed by atoms with Crippen LogP contribution < -0.4 is 11.1 Å². The number of carbonyl (C=O) groups is 1. The average molecular weight is 430 g/mol. The second kappa shape index (κ2) is 8.78. The minimum atomic E-state index is -0.957. The van der Waals surface area contributed by atoms with Crippen LogP contribution >= 0.6 is 24.8 Å². The monoisotopic (exact) mass is 429 g/mol. The van der Waals surface area contributed by atoms with E-state index < -0.39 is 11.0 Å². The molecular formula is C19H29Cl2N5O2. The van der Waals surface area contributed by atoms with Crippen LogP contribution in [0, 0.1) is 19.3 Å². The van der Waals surface area contributed by atoms with Gasteiger partial charge in [0.25, 0.3) is 0 Å². The predicted octanol–water partition coefficient (Wildman–Crippen LogP) is 3.20. The lowest BCUT2D eigenvalue weighted by molar-refractivity contribution is -0.166. The summed E-state index contributed by atoms with van der Waals surface area (Å²) in [5, 5.41) is 7.30. The van der Waals surface area contributed by atoms with E-state index >= 15 is 0 Å². The Kier molecular flexibility index (Phi) is 7.64. The number of aromatic nitrogens is 3. The third-order valence-corrected chi connectivity index (χ3v) is 5.47. The number of ether oxygens (including phenoxy) is 1. The number of rotatable bonds is 5. The first kappa shape index (κ1) is 24.4. The van der Waals surface area contributed by atoms with Crippen molar-refractivity contribution in [3.05, 3.63) is 35.8 Å².